The molecule has 1 fully saturated rings. The van der Waals surface area contributed by atoms with Crippen LogP contribution < -0.4 is 5.32 Å². The third kappa shape index (κ3) is 4.54. The van der Waals surface area contributed by atoms with Gasteiger partial charge in [0.05, 0.1) is 18.6 Å². The first kappa shape index (κ1) is 16.0. The lowest BCUT2D eigenvalue weighted by molar-refractivity contribution is -0.138. The summed E-state index contributed by atoms with van der Waals surface area (Å²) in [5.74, 6) is -1.20. The van der Waals surface area contributed by atoms with Gasteiger partial charge in [-0.1, -0.05) is 28.1 Å². The van der Waals surface area contributed by atoms with Crippen molar-refractivity contribution in [1.82, 2.24) is 5.32 Å². The lowest BCUT2D eigenvalue weighted by Crippen LogP contribution is -2.38. The van der Waals surface area contributed by atoms with Crippen molar-refractivity contribution in [2.75, 3.05) is 0 Å². The number of hydrogen-bond donors (Lipinski definition) is 2. The van der Waals surface area contributed by atoms with E-state index in [4.69, 9.17) is 9.84 Å². The van der Waals surface area contributed by atoms with Crippen LogP contribution in [0.2, 0.25) is 0 Å². The predicted molar refractivity (Wildman–Crippen MR) is 80.8 cm³/mol. The lowest BCUT2D eigenvalue weighted by Gasteiger charge is -2.20. The molecule has 0 saturated carbocycles. The Bertz CT molecular complexity index is 517. The van der Waals surface area contributed by atoms with Gasteiger partial charge in [-0.25, -0.2) is 0 Å². The van der Waals surface area contributed by atoms with Crippen LogP contribution in [0.5, 0.6) is 0 Å². The van der Waals surface area contributed by atoms with Gasteiger partial charge in [-0.15, -0.1) is 0 Å². The molecular formula is C15H18BrNO4. The van der Waals surface area contributed by atoms with E-state index in [1.807, 2.05) is 19.1 Å². The van der Waals surface area contributed by atoms with E-state index >= 15 is 0 Å². The molecule has 2 N–H and O–H groups in total. The molecule has 5 nitrogen and oxygen atoms in total. The molecule has 1 aromatic carbocycles. The predicted octanol–water partition coefficient (Wildman–Crippen LogP) is 2.65. The minimum Gasteiger partial charge on any atom is -0.481 e. The fourth-order valence-corrected chi connectivity index (χ4v) is 2.65. The monoisotopic (exact) mass is 355 g/mol. The van der Waals surface area contributed by atoms with Crippen molar-refractivity contribution in [1.29, 1.82) is 0 Å². The number of rotatable bonds is 5. The quantitative estimate of drug-likeness (QED) is 0.851. The average Bonchev–Trinajstić information content (AvgIpc) is 2.85. The molecule has 1 heterocycles. The number of benzene rings is 1. The molecule has 0 radical (unpaired) electrons. The molecule has 0 aromatic heterocycles. The molecule has 0 spiro atoms. The van der Waals surface area contributed by atoms with Crippen molar-refractivity contribution >= 4 is 27.8 Å². The summed E-state index contributed by atoms with van der Waals surface area (Å²) in [4.78, 5) is 23.2. The zero-order valence-electron chi connectivity index (χ0n) is 11.7. The van der Waals surface area contributed by atoms with Gasteiger partial charge in [0.25, 0.3) is 0 Å². The molecule has 1 aliphatic rings. The summed E-state index contributed by atoms with van der Waals surface area (Å²) in [6.07, 6.45) is 0.959. The Balaban J connectivity index is 2.07. The van der Waals surface area contributed by atoms with Crippen molar-refractivity contribution in [2.24, 2.45) is 0 Å². The summed E-state index contributed by atoms with van der Waals surface area (Å²) >= 11 is 3.33. The number of carboxylic acids is 1. The molecule has 3 atom stereocenters. The van der Waals surface area contributed by atoms with E-state index in [2.05, 4.69) is 21.2 Å². The minimum absolute atomic E-state index is 0.0753. The number of carbonyl (C=O) groups excluding carboxylic acids is 1. The van der Waals surface area contributed by atoms with Crippen LogP contribution in [0.15, 0.2) is 28.7 Å². The molecular weight excluding hydrogens is 338 g/mol. The first-order valence-electron chi connectivity index (χ1n) is 6.89. The number of amides is 1. The number of halogens is 1. The van der Waals surface area contributed by atoms with Gasteiger partial charge in [-0.05, 0) is 37.5 Å². The van der Waals surface area contributed by atoms with Gasteiger partial charge in [0.2, 0.25) is 5.91 Å². The number of hydrogen-bond acceptors (Lipinski definition) is 3. The van der Waals surface area contributed by atoms with Crippen molar-refractivity contribution in [3.8, 4) is 0 Å². The van der Waals surface area contributed by atoms with Crippen LogP contribution in [0.1, 0.15) is 37.8 Å². The zero-order valence-corrected chi connectivity index (χ0v) is 13.3. The first-order chi connectivity index (χ1) is 9.95. The second-order valence-corrected chi connectivity index (χ2v) is 6.14. The zero-order chi connectivity index (χ0) is 15.4. The van der Waals surface area contributed by atoms with E-state index in [-0.39, 0.29) is 18.4 Å². The lowest BCUT2D eigenvalue weighted by atomic mass is 10.0. The maximum Gasteiger partial charge on any atom is 0.305 e. The van der Waals surface area contributed by atoms with E-state index in [9.17, 15) is 9.59 Å². The standard InChI is InChI=1S/C15H18BrNO4/c1-9-2-7-13(21-9)15(20)17-12(8-14(18)19)10-3-5-11(16)6-4-10/h3-6,9,12-13H,2,7-8H2,1H3,(H,17,20)(H,18,19). The summed E-state index contributed by atoms with van der Waals surface area (Å²) in [5, 5.41) is 11.8. The molecule has 0 bridgehead atoms. The second-order valence-electron chi connectivity index (χ2n) is 5.22. The minimum atomic E-state index is -0.955. The molecule has 0 aliphatic carbocycles. The van der Waals surface area contributed by atoms with Gasteiger partial charge in [0.1, 0.15) is 6.10 Å². The fraction of sp³-hybridized carbons (Fsp3) is 0.467. The maximum absolute atomic E-state index is 12.2. The Morgan fingerprint density at radius 2 is 2.05 bits per heavy atom. The fourth-order valence-electron chi connectivity index (χ4n) is 2.38. The molecule has 1 aliphatic heterocycles. The molecule has 6 heteroatoms. The van der Waals surface area contributed by atoms with Crippen LogP contribution in [0.4, 0.5) is 0 Å². The summed E-state index contributed by atoms with van der Waals surface area (Å²) < 4.78 is 6.42. The highest BCUT2D eigenvalue weighted by molar-refractivity contribution is 9.10. The molecule has 114 valence electrons. The SMILES string of the molecule is CC1CCC(C(=O)NC(CC(=O)O)c2ccc(Br)cc2)O1. The summed E-state index contributed by atoms with van der Waals surface area (Å²) in [7, 11) is 0. The van der Waals surface area contributed by atoms with Gasteiger partial charge in [-0.2, -0.15) is 0 Å². The molecule has 1 amide bonds. The van der Waals surface area contributed by atoms with E-state index in [1.165, 1.54) is 0 Å². The molecule has 1 saturated heterocycles. The highest BCUT2D eigenvalue weighted by atomic mass is 79.9. The van der Waals surface area contributed by atoms with E-state index in [1.54, 1.807) is 12.1 Å². The smallest absolute Gasteiger partial charge is 0.305 e. The Kier molecular flexibility index (Phi) is 5.36. The molecule has 1 aromatic rings. The first-order valence-corrected chi connectivity index (χ1v) is 7.68. The van der Waals surface area contributed by atoms with Crippen LogP contribution in [-0.2, 0) is 14.3 Å². The van der Waals surface area contributed by atoms with Crippen molar-refractivity contribution in [2.45, 2.75) is 44.4 Å². The second kappa shape index (κ2) is 7.04. The summed E-state index contributed by atoms with van der Waals surface area (Å²) in [5.41, 5.74) is 0.764. The van der Waals surface area contributed by atoms with Crippen LogP contribution in [0.3, 0.4) is 0 Å². The third-order valence-corrected chi connectivity index (χ3v) is 4.02. The molecule has 21 heavy (non-hydrogen) atoms. The van der Waals surface area contributed by atoms with Crippen LogP contribution in [0, 0.1) is 0 Å². The number of ether oxygens (including phenoxy) is 1. The van der Waals surface area contributed by atoms with Crippen LogP contribution in [-0.4, -0.2) is 29.2 Å². The average molecular weight is 356 g/mol. The van der Waals surface area contributed by atoms with Crippen LogP contribution in [0.25, 0.3) is 0 Å². The summed E-state index contributed by atoms with van der Waals surface area (Å²) in [6.45, 7) is 1.93. The van der Waals surface area contributed by atoms with Gasteiger partial charge >= 0.3 is 5.97 Å². The largest absolute Gasteiger partial charge is 0.481 e. The van der Waals surface area contributed by atoms with Crippen LogP contribution >= 0.6 is 15.9 Å². The van der Waals surface area contributed by atoms with Gasteiger partial charge in [0.15, 0.2) is 0 Å². The topological polar surface area (TPSA) is 75.6 Å². The van der Waals surface area contributed by atoms with Crippen molar-refractivity contribution in [3.05, 3.63) is 34.3 Å². The Labute approximate surface area is 131 Å². The Hall–Kier alpha value is -1.40. The number of carboxylic acid groups (broad SMARTS) is 1. The normalized spacial score (nSPS) is 22.8. The van der Waals surface area contributed by atoms with Gasteiger partial charge in [-0.3, -0.25) is 9.59 Å². The Morgan fingerprint density at radius 1 is 1.38 bits per heavy atom. The summed E-state index contributed by atoms with van der Waals surface area (Å²) in [6, 6.07) is 6.70. The van der Waals surface area contributed by atoms with E-state index < -0.39 is 18.1 Å². The van der Waals surface area contributed by atoms with Gasteiger partial charge in [0, 0.05) is 4.47 Å². The molecule has 3 unspecified atom stereocenters. The van der Waals surface area contributed by atoms with E-state index in [0.717, 1.165) is 16.5 Å². The Morgan fingerprint density at radius 3 is 2.57 bits per heavy atom. The highest BCUT2D eigenvalue weighted by Gasteiger charge is 2.30. The van der Waals surface area contributed by atoms with Crippen molar-refractivity contribution in [3.63, 3.8) is 0 Å². The number of aliphatic carboxylic acids is 1. The maximum atomic E-state index is 12.2. The van der Waals surface area contributed by atoms with Gasteiger partial charge < -0.3 is 15.2 Å². The van der Waals surface area contributed by atoms with Crippen molar-refractivity contribution < 1.29 is 19.4 Å². The third-order valence-electron chi connectivity index (χ3n) is 3.49. The molecule has 2 rings (SSSR count). The number of nitrogens with one attached hydrogen (secondary N) is 1. The number of carbonyl (C=O) groups is 2. The van der Waals surface area contributed by atoms with E-state index in [0.29, 0.717) is 6.42 Å². The highest BCUT2D eigenvalue weighted by Crippen LogP contribution is 2.23.